The van der Waals surface area contributed by atoms with Gasteiger partial charge in [0.15, 0.2) is 0 Å². The number of aryl methyl sites for hydroxylation is 1. The standard InChI is InChI=1S/C31H43N3O7/c1-20-18-22(12-15-26(20)37)27(28(38)32-23-8-6-5-7-9-23)34(16-17-35)29(39)25(33-30(40)41-31(2,3)4)19-21-10-13-24(36)14-11-21/h10-15,18,23,25,27,35-37H,5-9,16-17,19H2,1-4H3,(H,32,38)(H,33,40). The number of phenolic OH excluding ortho intramolecular Hbond substituents is 2. The molecule has 10 nitrogen and oxygen atoms in total. The molecular formula is C31H43N3O7. The van der Waals surface area contributed by atoms with E-state index in [1.54, 1.807) is 52.0 Å². The first-order chi connectivity index (χ1) is 19.4. The first-order valence-corrected chi connectivity index (χ1v) is 14.2. The molecular weight excluding hydrogens is 526 g/mol. The molecule has 0 aromatic heterocycles. The van der Waals surface area contributed by atoms with Crippen molar-refractivity contribution in [3.05, 3.63) is 59.2 Å². The van der Waals surface area contributed by atoms with Crippen LogP contribution in [0.4, 0.5) is 4.79 Å². The van der Waals surface area contributed by atoms with E-state index in [1.165, 1.54) is 23.1 Å². The lowest BCUT2D eigenvalue weighted by atomic mass is 9.94. The zero-order valence-corrected chi connectivity index (χ0v) is 24.4. The predicted octanol–water partition coefficient (Wildman–Crippen LogP) is 3.85. The Hall–Kier alpha value is -3.79. The van der Waals surface area contributed by atoms with Crippen molar-refractivity contribution >= 4 is 17.9 Å². The lowest BCUT2D eigenvalue weighted by Gasteiger charge is -2.35. The predicted molar refractivity (Wildman–Crippen MR) is 154 cm³/mol. The van der Waals surface area contributed by atoms with Gasteiger partial charge in [-0.3, -0.25) is 9.59 Å². The van der Waals surface area contributed by atoms with Crippen LogP contribution in [-0.2, 0) is 20.7 Å². The van der Waals surface area contributed by atoms with Crippen LogP contribution >= 0.6 is 0 Å². The number of aliphatic hydroxyl groups excluding tert-OH is 1. The van der Waals surface area contributed by atoms with Crippen LogP contribution in [-0.4, -0.2) is 69.0 Å². The Kier molecular flexibility index (Phi) is 11.0. The molecule has 3 rings (SSSR count). The summed E-state index contributed by atoms with van der Waals surface area (Å²) in [4.78, 5) is 42.2. The minimum Gasteiger partial charge on any atom is -0.508 e. The molecule has 41 heavy (non-hydrogen) atoms. The van der Waals surface area contributed by atoms with E-state index < -0.39 is 42.2 Å². The molecule has 2 atom stereocenters. The number of ether oxygens (including phenoxy) is 1. The smallest absolute Gasteiger partial charge is 0.408 e. The fourth-order valence-electron chi connectivity index (χ4n) is 5.04. The molecule has 0 spiro atoms. The highest BCUT2D eigenvalue weighted by Gasteiger charge is 2.37. The largest absolute Gasteiger partial charge is 0.508 e. The molecule has 1 saturated carbocycles. The van der Waals surface area contributed by atoms with Crippen molar-refractivity contribution in [1.82, 2.24) is 15.5 Å². The van der Waals surface area contributed by atoms with Gasteiger partial charge in [-0.2, -0.15) is 0 Å². The Bertz CT molecular complexity index is 1190. The van der Waals surface area contributed by atoms with Gasteiger partial charge in [0.1, 0.15) is 29.2 Å². The van der Waals surface area contributed by atoms with Crippen molar-refractivity contribution in [2.75, 3.05) is 13.2 Å². The van der Waals surface area contributed by atoms with Crippen molar-refractivity contribution < 1.29 is 34.4 Å². The van der Waals surface area contributed by atoms with Crippen LogP contribution < -0.4 is 10.6 Å². The summed E-state index contributed by atoms with van der Waals surface area (Å²) in [6, 6.07) is 8.64. The number of phenols is 2. The first kappa shape index (κ1) is 31.7. The molecule has 2 aromatic rings. The molecule has 0 bridgehead atoms. The molecule has 3 amide bonds. The Morgan fingerprint density at radius 2 is 1.68 bits per heavy atom. The lowest BCUT2D eigenvalue weighted by molar-refractivity contribution is -0.143. The van der Waals surface area contributed by atoms with Crippen LogP contribution in [0.1, 0.15) is 75.6 Å². The molecule has 0 radical (unpaired) electrons. The van der Waals surface area contributed by atoms with Gasteiger partial charge in [0.25, 0.3) is 0 Å². The summed E-state index contributed by atoms with van der Waals surface area (Å²) < 4.78 is 5.42. The maximum atomic E-state index is 14.2. The second-order valence-corrected chi connectivity index (χ2v) is 11.6. The fourth-order valence-corrected chi connectivity index (χ4v) is 5.04. The molecule has 2 aromatic carbocycles. The summed E-state index contributed by atoms with van der Waals surface area (Å²) in [7, 11) is 0. The van der Waals surface area contributed by atoms with Crippen LogP contribution in [0, 0.1) is 6.92 Å². The monoisotopic (exact) mass is 569 g/mol. The second-order valence-electron chi connectivity index (χ2n) is 11.6. The number of aromatic hydroxyl groups is 2. The zero-order chi connectivity index (χ0) is 30.2. The number of alkyl carbamates (subject to hydrolysis) is 1. The van der Waals surface area contributed by atoms with Crippen LogP contribution in [0.3, 0.4) is 0 Å². The van der Waals surface area contributed by atoms with E-state index in [2.05, 4.69) is 10.6 Å². The van der Waals surface area contributed by atoms with Gasteiger partial charge in [0.2, 0.25) is 11.8 Å². The third kappa shape index (κ3) is 9.38. The van der Waals surface area contributed by atoms with Crippen LogP contribution in [0.5, 0.6) is 11.5 Å². The maximum Gasteiger partial charge on any atom is 0.408 e. The van der Waals surface area contributed by atoms with Crippen molar-refractivity contribution in [2.45, 2.75) is 89.9 Å². The van der Waals surface area contributed by atoms with Gasteiger partial charge in [0.05, 0.1) is 6.61 Å². The van der Waals surface area contributed by atoms with Crippen LogP contribution in [0.15, 0.2) is 42.5 Å². The summed E-state index contributed by atoms with van der Waals surface area (Å²) in [5, 5.41) is 35.6. The lowest BCUT2D eigenvalue weighted by Crippen LogP contribution is -2.55. The summed E-state index contributed by atoms with van der Waals surface area (Å²) in [5.74, 6) is -0.880. The summed E-state index contributed by atoms with van der Waals surface area (Å²) >= 11 is 0. The highest BCUT2D eigenvalue weighted by Crippen LogP contribution is 2.28. The quantitative estimate of drug-likeness (QED) is 0.292. The van der Waals surface area contributed by atoms with E-state index in [0.717, 1.165) is 32.1 Å². The van der Waals surface area contributed by atoms with Crippen molar-refractivity contribution in [1.29, 1.82) is 0 Å². The Labute approximate surface area is 241 Å². The normalized spacial score (nSPS) is 15.4. The maximum absolute atomic E-state index is 14.2. The number of aliphatic hydroxyl groups is 1. The number of hydrogen-bond acceptors (Lipinski definition) is 7. The molecule has 5 N–H and O–H groups in total. The summed E-state index contributed by atoms with van der Waals surface area (Å²) in [5.41, 5.74) is 0.843. The minimum atomic E-state index is -1.15. The van der Waals surface area contributed by atoms with Crippen molar-refractivity contribution in [2.24, 2.45) is 0 Å². The molecule has 0 saturated heterocycles. The Balaban J connectivity index is 2.01. The second kappa shape index (κ2) is 14.2. The number of hydrogen-bond donors (Lipinski definition) is 5. The van der Waals surface area contributed by atoms with E-state index in [0.29, 0.717) is 16.7 Å². The fraction of sp³-hybridized carbons (Fsp3) is 0.516. The number of nitrogens with zero attached hydrogens (tertiary/aromatic N) is 1. The Morgan fingerprint density at radius 3 is 2.27 bits per heavy atom. The molecule has 0 aliphatic heterocycles. The number of benzene rings is 2. The summed E-state index contributed by atoms with van der Waals surface area (Å²) in [6.45, 7) is 6.23. The van der Waals surface area contributed by atoms with Gasteiger partial charge in [-0.25, -0.2) is 4.79 Å². The molecule has 1 aliphatic rings. The third-order valence-electron chi connectivity index (χ3n) is 7.04. The van der Waals surface area contributed by atoms with Crippen LogP contribution in [0.2, 0.25) is 0 Å². The van der Waals surface area contributed by atoms with Crippen LogP contribution in [0.25, 0.3) is 0 Å². The number of carbonyl (C=O) groups excluding carboxylic acids is 3. The topological polar surface area (TPSA) is 148 Å². The van der Waals surface area contributed by atoms with E-state index in [9.17, 15) is 29.7 Å². The molecule has 224 valence electrons. The number of rotatable bonds is 10. The average Bonchev–Trinajstić information content (AvgIpc) is 2.90. The average molecular weight is 570 g/mol. The van der Waals surface area contributed by atoms with Gasteiger partial charge in [0, 0.05) is 19.0 Å². The van der Waals surface area contributed by atoms with Gasteiger partial charge >= 0.3 is 6.09 Å². The van der Waals surface area contributed by atoms with Crippen molar-refractivity contribution in [3.63, 3.8) is 0 Å². The van der Waals surface area contributed by atoms with Gasteiger partial charge in [-0.1, -0.05) is 37.5 Å². The Morgan fingerprint density at radius 1 is 1.02 bits per heavy atom. The van der Waals surface area contributed by atoms with Gasteiger partial charge in [-0.15, -0.1) is 0 Å². The molecule has 0 heterocycles. The highest BCUT2D eigenvalue weighted by molar-refractivity contribution is 5.92. The molecule has 1 fully saturated rings. The molecule has 2 unspecified atom stereocenters. The third-order valence-corrected chi connectivity index (χ3v) is 7.04. The molecule has 10 heteroatoms. The van der Waals surface area contributed by atoms with E-state index in [-0.39, 0.29) is 30.5 Å². The van der Waals surface area contributed by atoms with E-state index >= 15 is 0 Å². The minimum absolute atomic E-state index is 0.0317. The SMILES string of the molecule is Cc1cc(C(C(=O)NC2CCCCC2)N(CCO)C(=O)C(Cc2ccc(O)cc2)NC(=O)OC(C)(C)C)ccc1O. The van der Waals surface area contributed by atoms with Crippen molar-refractivity contribution in [3.8, 4) is 11.5 Å². The first-order valence-electron chi connectivity index (χ1n) is 14.2. The zero-order valence-electron chi connectivity index (χ0n) is 24.4. The van der Waals surface area contributed by atoms with Gasteiger partial charge < -0.3 is 35.6 Å². The summed E-state index contributed by atoms with van der Waals surface area (Å²) in [6.07, 6.45) is 4.03. The number of nitrogens with one attached hydrogen (secondary N) is 2. The van der Waals surface area contributed by atoms with Gasteiger partial charge in [-0.05, 0) is 81.5 Å². The number of amides is 3. The molecule has 1 aliphatic carbocycles. The number of carbonyl (C=O) groups is 3. The van der Waals surface area contributed by atoms with E-state index in [1.807, 2.05) is 0 Å². The highest BCUT2D eigenvalue weighted by atomic mass is 16.6. The van der Waals surface area contributed by atoms with E-state index in [4.69, 9.17) is 4.74 Å².